The zero-order chi connectivity index (χ0) is 11.7. The van der Waals surface area contributed by atoms with Gasteiger partial charge in [-0.3, -0.25) is 4.79 Å². The summed E-state index contributed by atoms with van der Waals surface area (Å²) < 4.78 is 9.10. The van der Waals surface area contributed by atoms with Gasteiger partial charge in [0.15, 0.2) is 16.6 Å². The molecule has 7 heteroatoms. The molecule has 0 aromatic carbocycles. The molecule has 1 aromatic heterocycles. The molecule has 1 amide bonds. The maximum atomic E-state index is 11.7. The number of rotatable bonds is 3. The molecule has 16 heavy (non-hydrogen) atoms. The lowest BCUT2D eigenvalue weighted by molar-refractivity contribution is -0.127. The van der Waals surface area contributed by atoms with Crippen molar-refractivity contribution in [3.8, 4) is 5.75 Å². The van der Waals surface area contributed by atoms with Gasteiger partial charge in [-0.05, 0) is 18.0 Å². The van der Waals surface area contributed by atoms with Crippen LogP contribution in [0.3, 0.4) is 0 Å². The first-order valence-corrected chi connectivity index (χ1v) is 5.71. The van der Waals surface area contributed by atoms with Crippen molar-refractivity contribution in [1.82, 2.24) is 9.27 Å². The molecule has 2 rings (SSSR count). The van der Waals surface area contributed by atoms with E-state index in [2.05, 4.69) is 9.69 Å². The van der Waals surface area contributed by atoms with E-state index in [4.69, 9.17) is 10.5 Å². The highest BCUT2D eigenvalue weighted by Gasteiger charge is 2.30. The quantitative estimate of drug-likeness (QED) is 0.800. The van der Waals surface area contributed by atoms with Gasteiger partial charge in [-0.1, -0.05) is 0 Å². The van der Waals surface area contributed by atoms with Crippen molar-refractivity contribution in [2.24, 2.45) is 0 Å². The second-order valence-corrected chi connectivity index (χ2v) is 4.45. The molecular weight excluding hydrogens is 228 g/mol. The lowest BCUT2D eigenvalue weighted by Gasteiger charge is -2.12. The number of nitrogens with one attached hydrogen (secondary N) is 1. The molecule has 2 heterocycles. The summed E-state index contributed by atoms with van der Waals surface area (Å²) in [5.74, 6) is 0.968. The SMILES string of the molecule is COc1c(N)nsc1NC1CCN(C)C1=O. The lowest BCUT2D eigenvalue weighted by atomic mass is 10.2. The van der Waals surface area contributed by atoms with Gasteiger partial charge in [0.05, 0.1) is 7.11 Å². The first kappa shape index (κ1) is 11.0. The Morgan fingerprint density at radius 2 is 2.44 bits per heavy atom. The Morgan fingerprint density at radius 1 is 1.69 bits per heavy atom. The van der Waals surface area contributed by atoms with Crippen molar-refractivity contribution in [2.75, 3.05) is 31.8 Å². The summed E-state index contributed by atoms with van der Waals surface area (Å²) >= 11 is 1.21. The highest BCUT2D eigenvalue weighted by atomic mass is 32.1. The number of anilines is 2. The Kier molecular flexibility index (Phi) is 2.86. The number of hydrogen-bond donors (Lipinski definition) is 2. The fourth-order valence-corrected chi connectivity index (χ4v) is 2.44. The number of likely N-dealkylation sites (tertiary alicyclic amines) is 1. The van der Waals surface area contributed by atoms with E-state index in [1.807, 2.05) is 0 Å². The van der Waals surface area contributed by atoms with E-state index in [1.165, 1.54) is 18.6 Å². The first-order valence-electron chi connectivity index (χ1n) is 4.94. The van der Waals surface area contributed by atoms with Crippen LogP contribution < -0.4 is 15.8 Å². The third kappa shape index (κ3) is 1.78. The van der Waals surface area contributed by atoms with E-state index in [0.29, 0.717) is 16.6 Å². The summed E-state index contributed by atoms with van der Waals surface area (Å²) in [4.78, 5) is 13.4. The van der Waals surface area contributed by atoms with Gasteiger partial charge in [-0.25, -0.2) is 0 Å². The monoisotopic (exact) mass is 242 g/mol. The van der Waals surface area contributed by atoms with Crippen LogP contribution in [0, 0.1) is 0 Å². The van der Waals surface area contributed by atoms with Crippen LogP contribution in [0.5, 0.6) is 5.75 Å². The number of carbonyl (C=O) groups is 1. The van der Waals surface area contributed by atoms with Crippen LogP contribution in [0.1, 0.15) is 6.42 Å². The minimum Gasteiger partial charge on any atom is -0.490 e. The topological polar surface area (TPSA) is 80.5 Å². The first-order chi connectivity index (χ1) is 7.63. The number of aromatic nitrogens is 1. The van der Waals surface area contributed by atoms with Crippen molar-refractivity contribution in [3.63, 3.8) is 0 Å². The highest BCUT2D eigenvalue weighted by Crippen LogP contribution is 2.35. The van der Waals surface area contributed by atoms with E-state index in [0.717, 1.165) is 13.0 Å². The number of likely N-dealkylation sites (N-methyl/N-ethyl adjacent to an activating group) is 1. The van der Waals surface area contributed by atoms with Gasteiger partial charge in [0, 0.05) is 13.6 Å². The second-order valence-electron chi connectivity index (χ2n) is 3.68. The number of carbonyl (C=O) groups excluding carboxylic acids is 1. The van der Waals surface area contributed by atoms with Crippen LogP contribution in [-0.2, 0) is 4.79 Å². The van der Waals surface area contributed by atoms with Gasteiger partial charge in [-0.2, -0.15) is 4.37 Å². The molecule has 1 aliphatic rings. The van der Waals surface area contributed by atoms with E-state index in [1.54, 1.807) is 11.9 Å². The molecule has 1 unspecified atom stereocenters. The molecule has 3 N–H and O–H groups in total. The predicted molar refractivity (Wildman–Crippen MR) is 62.7 cm³/mol. The van der Waals surface area contributed by atoms with E-state index in [-0.39, 0.29) is 11.9 Å². The Balaban J connectivity index is 2.12. The third-order valence-electron chi connectivity index (χ3n) is 2.61. The Labute approximate surface area is 97.5 Å². The van der Waals surface area contributed by atoms with Gasteiger partial charge in [0.25, 0.3) is 0 Å². The van der Waals surface area contributed by atoms with Crippen molar-refractivity contribution in [2.45, 2.75) is 12.5 Å². The maximum Gasteiger partial charge on any atom is 0.244 e. The minimum atomic E-state index is -0.196. The number of amides is 1. The highest BCUT2D eigenvalue weighted by molar-refractivity contribution is 7.11. The molecule has 1 saturated heterocycles. The summed E-state index contributed by atoms with van der Waals surface area (Å²) in [6.07, 6.45) is 0.788. The predicted octanol–water partition coefficient (Wildman–Crippen LogP) is 0.376. The lowest BCUT2D eigenvalue weighted by Crippen LogP contribution is -2.30. The number of methoxy groups -OCH3 is 1. The van der Waals surface area contributed by atoms with Crippen molar-refractivity contribution >= 4 is 28.3 Å². The van der Waals surface area contributed by atoms with Crippen LogP contribution in [-0.4, -0.2) is 41.9 Å². The standard InChI is InChI=1S/C9H14N4O2S/c1-13-4-3-5(9(13)14)11-8-6(15-2)7(10)12-16-8/h5,11H,3-4H2,1-2H3,(H2,10,12). The molecule has 6 nitrogen and oxygen atoms in total. The Bertz CT molecular complexity index is 406. The van der Waals surface area contributed by atoms with Gasteiger partial charge in [0.2, 0.25) is 5.91 Å². The molecule has 0 saturated carbocycles. The molecule has 0 radical (unpaired) electrons. The van der Waals surface area contributed by atoms with Gasteiger partial charge in [-0.15, -0.1) is 0 Å². The Hall–Kier alpha value is -1.50. The van der Waals surface area contributed by atoms with Crippen molar-refractivity contribution < 1.29 is 9.53 Å². The fourth-order valence-electron chi connectivity index (χ4n) is 1.70. The van der Waals surface area contributed by atoms with E-state index < -0.39 is 0 Å². The maximum absolute atomic E-state index is 11.7. The number of nitrogens with two attached hydrogens (primary N) is 1. The third-order valence-corrected chi connectivity index (χ3v) is 3.38. The summed E-state index contributed by atoms with van der Waals surface area (Å²) in [6, 6.07) is -0.196. The fraction of sp³-hybridized carbons (Fsp3) is 0.556. The van der Waals surface area contributed by atoms with Crippen LogP contribution in [0.25, 0.3) is 0 Å². The molecule has 1 fully saturated rings. The van der Waals surface area contributed by atoms with E-state index in [9.17, 15) is 4.79 Å². The zero-order valence-corrected chi connectivity index (χ0v) is 10.0. The normalized spacial score (nSPS) is 20.2. The number of hydrogen-bond acceptors (Lipinski definition) is 6. The van der Waals surface area contributed by atoms with Crippen molar-refractivity contribution in [1.29, 1.82) is 0 Å². The molecule has 1 aromatic rings. The Morgan fingerprint density at radius 3 is 3.00 bits per heavy atom. The smallest absolute Gasteiger partial charge is 0.244 e. The molecule has 0 aliphatic carbocycles. The van der Waals surface area contributed by atoms with Gasteiger partial charge in [0.1, 0.15) is 6.04 Å². The molecule has 0 spiro atoms. The van der Waals surface area contributed by atoms with Gasteiger partial charge >= 0.3 is 0 Å². The molecule has 1 aliphatic heterocycles. The summed E-state index contributed by atoms with van der Waals surface area (Å²) in [5, 5.41) is 3.84. The second kappa shape index (κ2) is 4.17. The zero-order valence-electron chi connectivity index (χ0n) is 9.19. The van der Waals surface area contributed by atoms with Crippen LogP contribution >= 0.6 is 11.5 Å². The summed E-state index contributed by atoms with van der Waals surface area (Å²) in [7, 11) is 3.33. The molecule has 1 atom stereocenters. The molecular formula is C9H14N4O2S. The summed E-state index contributed by atoms with van der Waals surface area (Å²) in [6.45, 7) is 0.771. The molecule has 88 valence electrons. The van der Waals surface area contributed by atoms with Crippen molar-refractivity contribution in [3.05, 3.63) is 0 Å². The van der Waals surface area contributed by atoms with Crippen LogP contribution in [0.15, 0.2) is 0 Å². The number of ether oxygens (including phenoxy) is 1. The number of nitrogens with zero attached hydrogens (tertiary/aromatic N) is 2. The van der Waals surface area contributed by atoms with Crippen LogP contribution in [0.2, 0.25) is 0 Å². The average molecular weight is 242 g/mol. The number of nitrogen functional groups attached to an aromatic ring is 1. The molecule has 0 bridgehead atoms. The van der Waals surface area contributed by atoms with Crippen LogP contribution in [0.4, 0.5) is 10.8 Å². The summed E-state index contributed by atoms with van der Waals surface area (Å²) in [5.41, 5.74) is 5.63. The minimum absolute atomic E-state index is 0.0917. The van der Waals surface area contributed by atoms with E-state index >= 15 is 0 Å². The average Bonchev–Trinajstić information content (AvgIpc) is 2.76. The largest absolute Gasteiger partial charge is 0.490 e. The van der Waals surface area contributed by atoms with Gasteiger partial charge < -0.3 is 20.7 Å².